The minimum absolute atomic E-state index is 0.0445. The molecule has 0 fully saturated rings. The van der Waals surface area contributed by atoms with Crippen molar-refractivity contribution in [3.63, 3.8) is 0 Å². The molecule has 0 radical (unpaired) electrons. The molecule has 0 aliphatic carbocycles. The Morgan fingerprint density at radius 3 is 2.44 bits per heavy atom. The molecule has 2 rings (SSSR count). The minimum Gasteiger partial charge on any atom is -0.482 e. The molecule has 0 saturated heterocycles. The van der Waals surface area contributed by atoms with Gasteiger partial charge in [-0.15, -0.1) is 0 Å². The SMILES string of the molecule is CCOC(=O)C(=O)Cc1cccc(OCc2ccccc2)c1[N+](=O)[O-]. The Morgan fingerprint density at radius 1 is 1.08 bits per heavy atom. The quantitative estimate of drug-likeness (QED) is 0.316. The lowest BCUT2D eigenvalue weighted by atomic mass is 10.1. The zero-order valence-electron chi connectivity index (χ0n) is 13.6. The number of nitro groups is 1. The summed E-state index contributed by atoms with van der Waals surface area (Å²) in [6.45, 7) is 1.79. The van der Waals surface area contributed by atoms with E-state index in [9.17, 15) is 19.7 Å². The molecule has 0 heterocycles. The van der Waals surface area contributed by atoms with Crippen molar-refractivity contribution in [2.45, 2.75) is 20.0 Å². The van der Waals surface area contributed by atoms with E-state index >= 15 is 0 Å². The van der Waals surface area contributed by atoms with Gasteiger partial charge in [-0.1, -0.05) is 42.5 Å². The second-order valence-corrected chi connectivity index (χ2v) is 5.12. The smallest absolute Gasteiger partial charge is 0.374 e. The summed E-state index contributed by atoms with van der Waals surface area (Å²) in [5.74, 6) is -1.81. The number of carbonyl (C=O) groups excluding carboxylic acids is 2. The second kappa shape index (κ2) is 8.58. The number of hydrogen-bond donors (Lipinski definition) is 0. The number of benzene rings is 2. The van der Waals surface area contributed by atoms with E-state index in [4.69, 9.17) is 4.74 Å². The third-order valence-electron chi connectivity index (χ3n) is 3.36. The Bertz CT molecular complexity index is 772. The highest BCUT2D eigenvalue weighted by Gasteiger charge is 2.25. The van der Waals surface area contributed by atoms with Crippen molar-refractivity contribution in [3.05, 3.63) is 69.8 Å². The van der Waals surface area contributed by atoms with Gasteiger partial charge in [0.15, 0.2) is 5.75 Å². The molecule has 0 N–H and O–H groups in total. The Labute approximate surface area is 144 Å². The van der Waals surface area contributed by atoms with Gasteiger partial charge in [-0.3, -0.25) is 14.9 Å². The van der Waals surface area contributed by atoms with Gasteiger partial charge in [0, 0.05) is 12.0 Å². The summed E-state index contributed by atoms with van der Waals surface area (Å²) >= 11 is 0. The van der Waals surface area contributed by atoms with Crippen molar-refractivity contribution in [2.24, 2.45) is 0 Å². The summed E-state index contributed by atoms with van der Waals surface area (Å²) in [4.78, 5) is 34.1. The van der Waals surface area contributed by atoms with Gasteiger partial charge in [0.05, 0.1) is 11.5 Å². The standard InChI is InChI=1S/C18H17NO6/c1-2-24-18(21)15(20)11-14-9-6-10-16(17(14)19(22)23)25-12-13-7-4-3-5-8-13/h3-10H,2,11-12H2,1H3. The van der Waals surface area contributed by atoms with E-state index in [0.29, 0.717) is 0 Å². The minimum atomic E-state index is -1.01. The van der Waals surface area contributed by atoms with Crippen LogP contribution in [-0.4, -0.2) is 23.3 Å². The Kier molecular flexibility index (Phi) is 6.22. The third kappa shape index (κ3) is 4.87. The van der Waals surface area contributed by atoms with Crippen LogP contribution in [0.5, 0.6) is 5.75 Å². The number of rotatable bonds is 8. The summed E-state index contributed by atoms with van der Waals surface area (Å²) in [6.07, 6.45) is -0.419. The van der Waals surface area contributed by atoms with E-state index in [0.717, 1.165) is 5.56 Å². The summed E-state index contributed by atoms with van der Waals surface area (Å²) in [5, 5.41) is 11.4. The number of ketones is 1. The van der Waals surface area contributed by atoms with Crippen molar-refractivity contribution in [2.75, 3.05) is 6.61 Å². The highest BCUT2D eigenvalue weighted by molar-refractivity contribution is 6.34. The molecule has 0 aliphatic heterocycles. The molecule has 2 aromatic carbocycles. The predicted octanol–water partition coefficient (Wildman–Crippen LogP) is 2.85. The van der Waals surface area contributed by atoms with E-state index in [-0.39, 0.29) is 30.2 Å². The maximum atomic E-state index is 11.8. The lowest BCUT2D eigenvalue weighted by Gasteiger charge is -2.09. The van der Waals surface area contributed by atoms with E-state index in [1.54, 1.807) is 13.0 Å². The first kappa shape index (κ1) is 18.1. The lowest BCUT2D eigenvalue weighted by molar-refractivity contribution is -0.386. The molecule has 2 aromatic rings. The highest BCUT2D eigenvalue weighted by atomic mass is 16.6. The zero-order valence-corrected chi connectivity index (χ0v) is 13.6. The number of para-hydroxylation sites is 1. The van der Waals surface area contributed by atoms with Gasteiger partial charge >= 0.3 is 11.7 Å². The topological polar surface area (TPSA) is 95.7 Å². The Hall–Kier alpha value is -3.22. The monoisotopic (exact) mass is 343 g/mol. The fraction of sp³-hybridized carbons (Fsp3) is 0.222. The molecule has 0 atom stereocenters. The van der Waals surface area contributed by atoms with Crippen molar-refractivity contribution in [1.82, 2.24) is 0 Å². The average molecular weight is 343 g/mol. The fourth-order valence-corrected chi connectivity index (χ4v) is 2.23. The second-order valence-electron chi connectivity index (χ2n) is 5.12. The molecule has 0 unspecified atom stereocenters. The van der Waals surface area contributed by atoms with E-state index in [1.165, 1.54) is 12.1 Å². The van der Waals surface area contributed by atoms with Crippen LogP contribution in [0.4, 0.5) is 5.69 Å². The van der Waals surface area contributed by atoms with Crippen LogP contribution in [0, 0.1) is 10.1 Å². The third-order valence-corrected chi connectivity index (χ3v) is 3.36. The molecule has 130 valence electrons. The van der Waals surface area contributed by atoms with Crippen molar-refractivity contribution in [1.29, 1.82) is 0 Å². The van der Waals surface area contributed by atoms with Gasteiger partial charge in [0.1, 0.15) is 6.61 Å². The van der Waals surface area contributed by atoms with E-state index in [1.807, 2.05) is 30.3 Å². The molecule has 0 saturated carbocycles. The first-order chi connectivity index (χ1) is 12.0. The van der Waals surface area contributed by atoms with Gasteiger partial charge < -0.3 is 9.47 Å². The van der Waals surface area contributed by atoms with Crippen LogP contribution in [0.15, 0.2) is 48.5 Å². The largest absolute Gasteiger partial charge is 0.482 e. The van der Waals surface area contributed by atoms with Crippen LogP contribution in [0.1, 0.15) is 18.1 Å². The predicted molar refractivity (Wildman–Crippen MR) is 89.2 cm³/mol. The van der Waals surface area contributed by atoms with Crippen LogP contribution in [0.2, 0.25) is 0 Å². The van der Waals surface area contributed by atoms with Crippen LogP contribution in [0.25, 0.3) is 0 Å². The number of esters is 1. The lowest BCUT2D eigenvalue weighted by Crippen LogP contribution is -2.20. The molecule has 7 nitrogen and oxygen atoms in total. The molecule has 0 aromatic heterocycles. The molecular formula is C18H17NO6. The first-order valence-corrected chi connectivity index (χ1v) is 7.66. The summed E-state index contributed by atoms with van der Waals surface area (Å²) in [5.41, 5.74) is 0.634. The maximum absolute atomic E-state index is 11.8. The average Bonchev–Trinajstić information content (AvgIpc) is 2.60. The van der Waals surface area contributed by atoms with Gasteiger partial charge in [0.2, 0.25) is 5.78 Å². The van der Waals surface area contributed by atoms with Crippen LogP contribution in [-0.2, 0) is 27.4 Å². The van der Waals surface area contributed by atoms with Gasteiger partial charge in [0.25, 0.3) is 0 Å². The molecule has 0 amide bonds. The van der Waals surface area contributed by atoms with Crippen LogP contribution < -0.4 is 4.74 Å². The van der Waals surface area contributed by atoms with E-state index in [2.05, 4.69) is 4.74 Å². The summed E-state index contributed by atoms with van der Waals surface area (Å²) < 4.78 is 10.2. The van der Waals surface area contributed by atoms with Crippen LogP contribution in [0.3, 0.4) is 0 Å². The molecule has 0 spiro atoms. The number of nitrogens with zero attached hydrogens (tertiary/aromatic N) is 1. The highest BCUT2D eigenvalue weighted by Crippen LogP contribution is 2.32. The zero-order chi connectivity index (χ0) is 18.2. The van der Waals surface area contributed by atoms with Crippen molar-refractivity contribution in [3.8, 4) is 5.75 Å². The number of ether oxygens (including phenoxy) is 2. The number of hydrogen-bond acceptors (Lipinski definition) is 6. The Morgan fingerprint density at radius 2 is 1.80 bits per heavy atom. The normalized spacial score (nSPS) is 10.1. The molecular weight excluding hydrogens is 326 g/mol. The molecule has 7 heteroatoms. The summed E-state index contributed by atoms with van der Waals surface area (Å²) in [7, 11) is 0. The molecule has 0 bridgehead atoms. The number of carbonyl (C=O) groups is 2. The molecule has 0 aliphatic rings. The van der Waals surface area contributed by atoms with Crippen molar-refractivity contribution < 1.29 is 24.0 Å². The van der Waals surface area contributed by atoms with Gasteiger partial charge in [-0.2, -0.15) is 0 Å². The number of nitro benzene ring substituents is 1. The first-order valence-electron chi connectivity index (χ1n) is 7.66. The molecule has 25 heavy (non-hydrogen) atoms. The van der Waals surface area contributed by atoms with Crippen molar-refractivity contribution >= 4 is 17.4 Å². The van der Waals surface area contributed by atoms with E-state index < -0.39 is 23.1 Å². The van der Waals surface area contributed by atoms with Crippen LogP contribution >= 0.6 is 0 Å². The number of Topliss-reactive ketones (excluding diaryl/α,β-unsaturated/α-hetero) is 1. The Balaban J connectivity index is 2.22. The van der Waals surface area contributed by atoms with Gasteiger partial charge in [-0.25, -0.2) is 4.79 Å². The fourth-order valence-electron chi connectivity index (χ4n) is 2.23. The maximum Gasteiger partial charge on any atom is 0.374 e. The van der Waals surface area contributed by atoms with Gasteiger partial charge in [-0.05, 0) is 18.6 Å². The summed E-state index contributed by atoms with van der Waals surface area (Å²) in [6, 6.07) is 13.6.